The standard InChI is InChI=1S/C15H14BNO3/c1-10(18)15-6-4-13(8-17-15)20-12-3-5-14-11(7-12)9-19-16(14)2/h3-8H,9H2,1-2H3. The van der Waals surface area contributed by atoms with Crippen LogP contribution in [0.4, 0.5) is 0 Å². The number of fused-ring (bicyclic) bond motifs is 1. The van der Waals surface area contributed by atoms with Gasteiger partial charge in [-0.3, -0.25) is 4.79 Å². The van der Waals surface area contributed by atoms with E-state index in [9.17, 15) is 4.79 Å². The van der Waals surface area contributed by atoms with Crippen molar-refractivity contribution in [2.75, 3.05) is 0 Å². The van der Waals surface area contributed by atoms with Crippen molar-refractivity contribution in [1.82, 2.24) is 4.98 Å². The third-order valence-electron chi connectivity index (χ3n) is 3.37. The van der Waals surface area contributed by atoms with Crippen LogP contribution in [0.15, 0.2) is 36.5 Å². The Bertz CT molecular complexity index is 655. The lowest BCUT2D eigenvalue weighted by Gasteiger charge is -2.07. The molecule has 0 fully saturated rings. The average Bonchev–Trinajstić information content (AvgIpc) is 2.81. The Kier molecular flexibility index (Phi) is 3.28. The molecule has 0 saturated carbocycles. The van der Waals surface area contributed by atoms with Gasteiger partial charge < -0.3 is 9.39 Å². The maximum absolute atomic E-state index is 11.2. The van der Waals surface area contributed by atoms with E-state index in [1.54, 1.807) is 18.3 Å². The quantitative estimate of drug-likeness (QED) is 0.633. The monoisotopic (exact) mass is 267 g/mol. The molecule has 0 atom stereocenters. The van der Waals surface area contributed by atoms with Crippen molar-refractivity contribution in [3.8, 4) is 11.5 Å². The number of aromatic nitrogens is 1. The number of carbonyl (C=O) groups is 1. The van der Waals surface area contributed by atoms with Crippen molar-refractivity contribution in [1.29, 1.82) is 0 Å². The normalized spacial score (nSPS) is 13.2. The van der Waals surface area contributed by atoms with Crippen molar-refractivity contribution < 1.29 is 14.2 Å². The zero-order chi connectivity index (χ0) is 14.1. The highest BCUT2D eigenvalue weighted by Gasteiger charge is 2.23. The van der Waals surface area contributed by atoms with E-state index < -0.39 is 0 Å². The molecule has 20 heavy (non-hydrogen) atoms. The molecular weight excluding hydrogens is 253 g/mol. The van der Waals surface area contributed by atoms with Crippen LogP contribution in [0.25, 0.3) is 0 Å². The van der Waals surface area contributed by atoms with Crippen LogP contribution in [0.2, 0.25) is 6.82 Å². The number of hydrogen-bond acceptors (Lipinski definition) is 4. The van der Waals surface area contributed by atoms with Crippen LogP contribution in [0, 0.1) is 0 Å². The smallest absolute Gasteiger partial charge is 0.324 e. The van der Waals surface area contributed by atoms with E-state index in [0.29, 0.717) is 18.1 Å². The Balaban J connectivity index is 1.79. The minimum absolute atomic E-state index is 0.0554. The number of Topliss-reactive ketones (excluding diaryl/α,β-unsaturated/α-hetero) is 1. The van der Waals surface area contributed by atoms with E-state index in [0.717, 1.165) is 11.3 Å². The van der Waals surface area contributed by atoms with Crippen LogP contribution in [0.1, 0.15) is 23.0 Å². The maximum atomic E-state index is 11.2. The summed E-state index contributed by atoms with van der Waals surface area (Å²) < 4.78 is 11.3. The molecule has 0 spiro atoms. The Morgan fingerprint density at radius 1 is 1.30 bits per heavy atom. The summed E-state index contributed by atoms with van der Waals surface area (Å²) in [6.45, 7) is 4.30. The maximum Gasteiger partial charge on any atom is 0.324 e. The van der Waals surface area contributed by atoms with Gasteiger partial charge >= 0.3 is 6.92 Å². The molecule has 0 radical (unpaired) electrons. The molecule has 3 rings (SSSR count). The number of rotatable bonds is 3. The van der Waals surface area contributed by atoms with E-state index in [2.05, 4.69) is 4.98 Å². The molecular formula is C15H14BNO3. The molecule has 0 unspecified atom stereocenters. The van der Waals surface area contributed by atoms with Crippen LogP contribution in [-0.2, 0) is 11.3 Å². The highest BCUT2D eigenvalue weighted by Crippen LogP contribution is 2.23. The Hall–Kier alpha value is -2.14. The lowest BCUT2D eigenvalue weighted by atomic mass is 9.64. The van der Waals surface area contributed by atoms with Crippen LogP contribution < -0.4 is 10.2 Å². The zero-order valence-corrected chi connectivity index (χ0v) is 11.4. The van der Waals surface area contributed by atoms with Gasteiger partial charge in [-0.15, -0.1) is 0 Å². The van der Waals surface area contributed by atoms with E-state index in [1.807, 2.05) is 25.0 Å². The number of ketones is 1. The summed E-state index contributed by atoms with van der Waals surface area (Å²) in [6.07, 6.45) is 1.56. The first-order chi connectivity index (χ1) is 9.63. The summed E-state index contributed by atoms with van der Waals surface area (Å²) in [5.74, 6) is 1.31. The molecule has 100 valence electrons. The first-order valence-electron chi connectivity index (χ1n) is 6.53. The molecule has 1 aromatic heterocycles. The zero-order valence-electron chi connectivity index (χ0n) is 11.4. The van der Waals surface area contributed by atoms with Crippen molar-refractivity contribution in [2.45, 2.75) is 20.4 Å². The van der Waals surface area contributed by atoms with Gasteiger partial charge in [0.2, 0.25) is 0 Å². The molecule has 0 amide bonds. The van der Waals surface area contributed by atoms with E-state index >= 15 is 0 Å². The van der Waals surface area contributed by atoms with Crippen molar-refractivity contribution in [3.05, 3.63) is 47.8 Å². The minimum atomic E-state index is -0.0554. The summed E-state index contributed by atoms with van der Waals surface area (Å²) in [5.41, 5.74) is 2.80. The van der Waals surface area contributed by atoms with Gasteiger partial charge in [0, 0.05) is 6.92 Å². The van der Waals surface area contributed by atoms with Gasteiger partial charge in [0.05, 0.1) is 12.8 Å². The largest absolute Gasteiger partial charge is 0.456 e. The Morgan fingerprint density at radius 3 is 2.80 bits per heavy atom. The lowest BCUT2D eigenvalue weighted by molar-refractivity contribution is 0.101. The second-order valence-corrected chi connectivity index (χ2v) is 4.85. The van der Waals surface area contributed by atoms with E-state index in [-0.39, 0.29) is 12.7 Å². The number of nitrogens with zero attached hydrogens (tertiary/aromatic N) is 1. The minimum Gasteiger partial charge on any atom is -0.456 e. The van der Waals surface area contributed by atoms with Gasteiger partial charge in [0.15, 0.2) is 5.78 Å². The number of carbonyl (C=O) groups excluding carboxylic acids is 1. The first kappa shape index (κ1) is 12.9. The summed E-state index contributed by atoms with van der Waals surface area (Å²) >= 11 is 0. The average molecular weight is 267 g/mol. The fourth-order valence-electron chi connectivity index (χ4n) is 2.26. The van der Waals surface area contributed by atoms with Gasteiger partial charge in [-0.1, -0.05) is 12.9 Å². The highest BCUT2D eigenvalue weighted by molar-refractivity contribution is 6.67. The summed E-state index contributed by atoms with van der Waals surface area (Å²) in [7, 11) is 0. The Labute approximate surface area is 117 Å². The number of benzene rings is 1. The molecule has 1 aliphatic rings. The SMILES string of the molecule is CB1OCc2cc(Oc3ccc(C(C)=O)nc3)ccc21. The predicted octanol–water partition coefficient (Wildman–Crippen LogP) is 2.44. The van der Waals surface area contributed by atoms with Crippen molar-refractivity contribution >= 4 is 18.2 Å². The molecule has 0 bridgehead atoms. The fraction of sp³-hybridized carbons (Fsp3) is 0.200. The van der Waals surface area contributed by atoms with Gasteiger partial charge in [-0.2, -0.15) is 0 Å². The van der Waals surface area contributed by atoms with Gasteiger partial charge in [0.1, 0.15) is 17.2 Å². The lowest BCUT2D eigenvalue weighted by Crippen LogP contribution is -2.23. The molecule has 0 saturated heterocycles. The van der Waals surface area contributed by atoms with Gasteiger partial charge in [-0.25, -0.2) is 4.98 Å². The highest BCUT2D eigenvalue weighted by atomic mass is 16.5. The predicted molar refractivity (Wildman–Crippen MR) is 76.8 cm³/mol. The number of ether oxygens (including phenoxy) is 1. The third-order valence-corrected chi connectivity index (χ3v) is 3.37. The van der Waals surface area contributed by atoms with Crippen LogP contribution in [0.5, 0.6) is 11.5 Å². The van der Waals surface area contributed by atoms with Crippen molar-refractivity contribution in [3.63, 3.8) is 0 Å². The molecule has 0 aliphatic carbocycles. The topological polar surface area (TPSA) is 48.4 Å². The fourth-order valence-corrected chi connectivity index (χ4v) is 2.26. The van der Waals surface area contributed by atoms with Crippen LogP contribution >= 0.6 is 0 Å². The Morgan fingerprint density at radius 2 is 2.10 bits per heavy atom. The third kappa shape index (κ3) is 2.45. The first-order valence-corrected chi connectivity index (χ1v) is 6.53. The van der Waals surface area contributed by atoms with Crippen molar-refractivity contribution in [2.24, 2.45) is 0 Å². The van der Waals surface area contributed by atoms with Crippen LogP contribution in [-0.4, -0.2) is 17.7 Å². The second-order valence-electron chi connectivity index (χ2n) is 4.85. The van der Waals surface area contributed by atoms with Gasteiger partial charge in [0.25, 0.3) is 0 Å². The second kappa shape index (κ2) is 5.09. The summed E-state index contributed by atoms with van der Waals surface area (Å²) in [4.78, 5) is 15.2. The van der Waals surface area contributed by atoms with Crippen LogP contribution in [0.3, 0.4) is 0 Å². The summed E-state index contributed by atoms with van der Waals surface area (Å²) in [5, 5.41) is 0. The summed E-state index contributed by atoms with van der Waals surface area (Å²) in [6, 6.07) is 9.34. The molecule has 5 heteroatoms. The van der Waals surface area contributed by atoms with E-state index in [4.69, 9.17) is 9.39 Å². The molecule has 2 heterocycles. The molecule has 2 aromatic rings. The molecule has 1 aliphatic heterocycles. The molecule has 1 aromatic carbocycles. The van der Waals surface area contributed by atoms with Gasteiger partial charge in [-0.05, 0) is 35.3 Å². The number of hydrogen-bond donors (Lipinski definition) is 0. The molecule has 0 N–H and O–H groups in total. The number of pyridine rings is 1. The van der Waals surface area contributed by atoms with E-state index in [1.165, 1.54) is 12.4 Å². The molecule has 4 nitrogen and oxygen atoms in total.